The fraction of sp³-hybridized carbons (Fsp3) is 0.440. The molecular weight excluding hydrogens is 392 g/mol. The summed E-state index contributed by atoms with van der Waals surface area (Å²) in [5.41, 5.74) is 4.58. The van der Waals surface area contributed by atoms with Gasteiger partial charge >= 0.3 is 12.1 Å². The summed E-state index contributed by atoms with van der Waals surface area (Å²) >= 11 is 0. The van der Waals surface area contributed by atoms with Crippen molar-refractivity contribution >= 4 is 12.1 Å². The number of rotatable bonds is 8. The van der Waals surface area contributed by atoms with Crippen molar-refractivity contribution < 1.29 is 19.4 Å². The van der Waals surface area contributed by atoms with E-state index in [2.05, 4.69) is 41.4 Å². The topological polar surface area (TPSA) is 78.9 Å². The van der Waals surface area contributed by atoms with Crippen LogP contribution in [0.25, 0.3) is 11.1 Å². The first-order valence-electron chi connectivity index (χ1n) is 11.1. The number of alkyl carbamates (subject to hydrolysis) is 1. The van der Waals surface area contributed by atoms with Crippen molar-refractivity contribution in [1.29, 1.82) is 0 Å². The number of carbonyl (C=O) groups excluding carboxylic acids is 1. The quantitative estimate of drug-likeness (QED) is 0.665. The summed E-state index contributed by atoms with van der Waals surface area (Å²) in [6.07, 6.45) is 2.83. The molecule has 1 fully saturated rings. The lowest BCUT2D eigenvalue weighted by Crippen LogP contribution is -2.42. The molecule has 1 heterocycles. The first-order valence-corrected chi connectivity index (χ1v) is 11.1. The highest BCUT2D eigenvalue weighted by Gasteiger charge is 2.30. The second kappa shape index (κ2) is 9.52. The molecule has 2 aromatic carbocycles. The standard InChI is InChI=1S/C25H30N2O4/c1-17-8-6-14-27(17)15-7-13-23(24(28)29)26-25(30)31-16-22-20-11-4-2-9-18(20)19-10-3-5-12-21(19)22/h2-5,9-12,17,22-23H,6-8,13-16H2,1H3,(H,26,30)(H,28,29). The Morgan fingerprint density at radius 1 is 1.13 bits per heavy atom. The molecule has 6 nitrogen and oxygen atoms in total. The van der Waals surface area contributed by atoms with Gasteiger partial charge in [-0.25, -0.2) is 9.59 Å². The van der Waals surface area contributed by atoms with E-state index in [9.17, 15) is 14.7 Å². The Bertz CT molecular complexity index is 899. The highest BCUT2D eigenvalue weighted by molar-refractivity contribution is 5.81. The van der Waals surface area contributed by atoms with Gasteiger partial charge in [0, 0.05) is 12.0 Å². The molecule has 2 N–H and O–H groups in total. The molecule has 164 valence electrons. The zero-order valence-electron chi connectivity index (χ0n) is 17.9. The number of fused-ring (bicyclic) bond motifs is 3. The van der Waals surface area contributed by atoms with Gasteiger partial charge in [-0.15, -0.1) is 0 Å². The van der Waals surface area contributed by atoms with Crippen LogP contribution in [0.3, 0.4) is 0 Å². The maximum absolute atomic E-state index is 12.4. The van der Waals surface area contributed by atoms with E-state index in [4.69, 9.17) is 4.74 Å². The van der Waals surface area contributed by atoms with Gasteiger partial charge in [0.2, 0.25) is 0 Å². The number of carbonyl (C=O) groups is 2. The molecule has 0 bridgehead atoms. The van der Waals surface area contributed by atoms with Gasteiger partial charge in [-0.05, 0) is 68.0 Å². The summed E-state index contributed by atoms with van der Waals surface area (Å²) < 4.78 is 5.49. The van der Waals surface area contributed by atoms with Gasteiger partial charge in [0.25, 0.3) is 0 Å². The number of carboxylic acid groups (broad SMARTS) is 1. The maximum atomic E-state index is 12.4. The second-order valence-corrected chi connectivity index (χ2v) is 8.53. The number of nitrogens with one attached hydrogen (secondary N) is 1. The van der Waals surface area contributed by atoms with Gasteiger partial charge in [0.15, 0.2) is 0 Å². The molecule has 2 aliphatic rings. The third kappa shape index (κ3) is 4.74. The first kappa shape index (κ1) is 21.4. The Balaban J connectivity index is 1.32. The maximum Gasteiger partial charge on any atom is 0.407 e. The van der Waals surface area contributed by atoms with Crippen LogP contribution in [-0.2, 0) is 9.53 Å². The summed E-state index contributed by atoms with van der Waals surface area (Å²) in [5.74, 6) is -1.07. The lowest BCUT2D eigenvalue weighted by molar-refractivity contribution is -0.139. The minimum Gasteiger partial charge on any atom is -0.480 e. The van der Waals surface area contributed by atoms with E-state index in [0.29, 0.717) is 12.5 Å². The van der Waals surface area contributed by atoms with Gasteiger partial charge in [-0.1, -0.05) is 48.5 Å². The van der Waals surface area contributed by atoms with Gasteiger partial charge in [-0.2, -0.15) is 0 Å². The summed E-state index contributed by atoms with van der Waals surface area (Å²) in [5, 5.41) is 12.1. The SMILES string of the molecule is CC1CCCN1CCCC(NC(=O)OCC1c2ccccc2-c2ccccc21)C(=O)O. The number of aliphatic carboxylic acids is 1. The van der Waals surface area contributed by atoms with Crippen LogP contribution in [0.1, 0.15) is 49.7 Å². The predicted octanol–water partition coefficient (Wildman–Crippen LogP) is 4.24. The number of hydrogen-bond acceptors (Lipinski definition) is 4. The molecule has 0 saturated carbocycles. The van der Waals surface area contributed by atoms with Gasteiger partial charge in [0.05, 0.1) is 0 Å². The molecule has 1 aliphatic carbocycles. The van der Waals surface area contributed by atoms with Crippen LogP contribution in [-0.4, -0.2) is 53.8 Å². The number of carboxylic acids is 1. The van der Waals surface area contributed by atoms with E-state index < -0.39 is 18.1 Å². The lowest BCUT2D eigenvalue weighted by atomic mass is 9.98. The van der Waals surface area contributed by atoms with Gasteiger partial charge in [-0.3, -0.25) is 0 Å². The third-order valence-electron chi connectivity index (χ3n) is 6.56. The van der Waals surface area contributed by atoms with E-state index in [1.54, 1.807) is 0 Å². The smallest absolute Gasteiger partial charge is 0.407 e. The third-order valence-corrected chi connectivity index (χ3v) is 6.56. The Morgan fingerprint density at radius 2 is 1.77 bits per heavy atom. The van der Waals surface area contributed by atoms with Crippen LogP contribution in [0.15, 0.2) is 48.5 Å². The number of likely N-dealkylation sites (tertiary alicyclic amines) is 1. The number of ether oxygens (including phenoxy) is 1. The van der Waals surface area contributed by atoms with Crippen LogP contribution in [0.2, 0.25) is 0 Å². The van der Waals surface area contributed by atoms with Crippen molar-refractivity contribution in [2.75, 3.05) is 19.7 Å². The number of benzene rings is 2. The monoisotopic (exact) mass is 422 g/mol. The molecular formula is C25H30N2O4. The van der Waals surface area contributed by atoms with Crippen molar-refractivity contribution in [2.24, 2.45) is 0 Å². The second-order valence-electron chi connectivity index (χ2n) is 8.53. The van der Waals surface area contributed by atoms with E-state index in [-0.39, 0.29) is 12.5 Å². The normalized spacial score (nSPS) is 18.9. The number of hydrogen-bond donors (Lipinski definition) is 2. The van der Waals surface area contributed by atoms with Crippen molar-refractivity contribution in [2.45, 2.75) is 50.6 Å². The molecule has 1 aliphatic heterocycles. The molecule has 0 spiro atoms. The average Bonchev–Trinajstić information content (AvgIpc) is 3.32. The Morgan fingerprint density at radius 3 is 2.35 bits per heavy atom. The zero-order valence-corrected chi connectivity index (χ0v) is 17.9. The minimum absolute atomic E-state index is 0.0434. The Kier molecular flexibility index (Phi) is 6.56. The molecule has 2 atom stereocenters. The summed E-state index contributed by atoms with van der Waals surface area (Å²) in [7, 11) is 0. The molecule has 0 radical (unpaired) electrons. The molecule has 2 aromatic rings. The Hall–Kier alpha value is -2.86. The molecule has 1 amide bonds. The molecule has 0 aromatic heterocycles. The summed E-state index contributed by atoms with van der Waals surface area (Å²) in [6, 6.07) is 15.9. The van der Waals surface area contributed by atoms with E-state index in [1.807, 2.05) is 24.3 Å². The van der Waals surface area contributed by atoms with Crippen LogP contribution in [0, 0.1) is 0 Å². The first-order chi connectivity index (χ1) is 15.0. The Labute approximate surface area is 183 Å². The summed E-state index contributed by atoms with van der Waals surface area (Å²) in [6.45, 7) is 4.31. The van der Waals surface area contributed by atoms with Crippen molar-refractivity contribution in [3.05, 3.63) is 59.7 Å². The van der Waals surface area contributed by atoms with Crippen LogP contribution >= 0.6 is 0 Å². The van der Waals surface area contributed by atoms with Crippen LogP contribution in [0.5, 0.6) is 0 Å². The summed E-state index contributed by atoms with van der Waals surface area (Å²) in [4.78, 5) is 26.4. The largest absolute Gasteiger partial charge is 0.480 e. The molecule has 1 saturated heterocycles. The lowest BCUT2D eigenvalue weighted by Gasteiger charge is -2.22. The fourth-order valence-electron chi connectivity index (χ4n) is 4.86. The van der Waals surface area contributed by atoms with Crippen LogP contribution < -0.4 is 5.32 Å². The van der Waals surface area contributed by atoms with Crippen molar-refractivity contribution in [1.82, 2.24) is 10.2 Å². The predicted molar refractivity (Wildman–Crippen MR) is 119 cm³/mol. The van der Waals surface area contributed by atoms with E-state index in [0.717, 1.165) is 41.8 Å². The van der Waals surface area contributed by atoms with Crippen molar-refractivity contribution in [3.63, 3.8) is 0 Å². The highest BCUT2D eigenvalue weighted by Crippen LogP contribution is 2.44. The van der Waals surface area contributed by atoms with E-state index >= 15 is 0 Å². The fourth-order valence-corrected chi connectivity index (χ4v) is 4.86. The average molecular weight is 423 g/mol. The van der Waals surface area contributed by atoms with Crippen LogP contribution in [0.4, 0.5) is 4.79 Å². The van der Waals surface area contributed by atoms with Gasteiger partial charge < -0.3 is 20.1 Å². The molecule has 6 heteroatoms. The number of nitrogens with zero attached hydrogens (tertiary/aromatic N) is 1. The number of amides is 1. The minimum atomic E-state index is -1.03. The molecule has 31 heavy (non-hydrogen) atoms. The van der Waals surface area contributed by atoms with Gasteiger partial charge in [0.1, 0.15) is 12.6 Å². The van der Waals surface area contributed by atoms with Crippen molar-refractivity contribution in [3.8, 4) is 11.1 Å². The molecule has 2 unspecified atom stereocenters. The van der Waals surface area contributed by atoms with E-state index in [1.165, 1.54) is 12.8 Å². The highest BCUT2D eigenvalue weighted by atomic mass is 16.5. The zero-order chi connectivity index (χ0) is 21.8. The molecule has 4 rings (SSSR count).